The largest absolute Gasteiger partial charge is 0.310 e. The molecule has 0 fully saturated rings. The zero-order chi connectivity index (χ0) is 15.4. The summed E-state index contributed by atoms with van der Waals surface area (Å²) < 4.78 is 0. The molecule has 112 valence electrons. The maximum Gasteiger partial charge on any atom is 0.0438 e. The number of rotatable bonds is 5. The summed E-state index contributed by atoms with van der Waals surface area (Å²) in [7, 11) is 0. The molecule has 2 aromatic rings. The Labute approximate surface area is 133 Å². The Morgan fingerprint density at radius 3 is 2.33 bits per heavy atom. The molecular weight excluding hydrogens is 278 g/mol. The molecule has 1 atom stereocenters. The van der Waals surface area contributed by atoms with Gasteiger partial charge in [0.2, 0.25) is 0 Å². The van der Waals surface area contributed by atoms with Gasteiger partial charge in [0.15, 0.2) is 0 Å². The molecule has 0 amide bonds. The normalized spacial score (nSPS) is 12.4. The number of aryl methyl sites for hydroxylation is 2. The summed E-state index contributed by atoms with van der Waals surface area (Å²) in [6.07, 6.45) is 0.984. The first-order valence-corrected chi connectivity index (χ1v) is 7.94. The van der Waals surface area contributed by atoms with Gasteiger partial charge in [-0.3, -0.25) is 0 Å². The van der Waals surface area contributed by atoms with Crippen LogP contribution in [0.25, 0.3) is 0 Å². The van der Waals surface area contributed by atoms with E-state index in [4.69, 9.17) is 11.6 Å². The highest BCUT2D eigenvalue weighted by Gasteiger charge is 2.15. The van der Waals surface area contributed by atoms with Crippen molar-refractivity contribution >= 4 is 11.6 Å². The lowest BCUT2D eigenvalue weighted by atomic mass is 9.94. The first-order valence-electron chi connectivity index (χ1n) is 7.56. The minimum absolute atomic E-state index is 0.301. The third-order valence-corrected chi connectivity index (χ3v) is 4.27. The van der Waals surface area contributed by atoms with Crippen molar-refractivity contribution in [3.63, 3.8) is 0 Å². The SMILES string of the molecule is CCNC(Cc1cc(C)cc(C)c1)c1cccc(Cl)c1C. The number of nitrogens with one attached hydrogen (secondary N) is 1. The van der Waals surface area contributed by atoms with Crippen molar-refractivity contribution in [2.24, 2.45) is 0 Å². The molecule has 0 aliphatic carbocycles. The smallest absolute Gasteiger partial charge is 0.0438 e. The van der Waals surface area contributed by atoms with Crippen LogP contribution in [0.2, 0.25) is 5.02 Å². The van der Waals surface area contributed by atoms with Crippen LogP contribution in [0, 0.1) is 20.8 Å². The van der Waals surface area contributed by atoms with E-state index in [1.165, 1.54) is 27.8 Å². The maximum atomic E-state index is 6.28. The molecule has 0 aliphatic heterocycles. The Kier molecular flexibility index (Phi) is 5.44. The summed E-state index contributed by atoms with van der Waals surface area (Å²) in [6.45, 7) is 9.51. The number of halogens is 1. The Balaban J connectivity index is 2.32. The molecule has 21 heavy (non-hydrogen) atoms. The fourth-order valence-corrected chi connectivity index (χ4v) is 3.14. The molecule has 1 unspecified atom stereocenters. The number of likely N-dealkylation sites (N-methyl/N-ethyl adjacent to an activating group) is 1. The Morgan fingerprint density at radius 2 is 1.71 bits per heavy atom. The predicted molar refractivity (Wildman–Crippen MR) is 92.2 cm³/mol. The summed E-state index contributed by atoms with van der Waals surface area (Å²) in [4.78, 5) is 0. The van der Waals surface area contributed by atoms with Crippen LogP contribution in [0.3, 0.4) is 0 Å². The van der Waals surface area contributed by atoms with Crippen molar-refractivity contribution in [2.75, 3.05) is 6.54 Å². The summed E-state index contributed by atoms with van der Waals surface area (Å²) in [6, 6.07) is 13.2. The molecule has 2 rings (SSSR count). The van der Waals surface area contributed by atoms with Gasteiger partial charge >= 0.3 is 0 Å². The third-order valence-electron chi connectivity index (χ3n) is 3.86. The molecule has 1 nitrogen and oxygen atoms in total. The molecule has 0 bridgehead atoms. The second-order valence-electron chi connectivity index (χ2n) is 5.76. The van der Waals surface area contributed by atoms with Crippen LogP contribution in [-0.4, -0.2) is 6.54 Å². The predicted octanol–water partition coefficient (Wildman–Crippen LogP) is 5.16. The molecule has 2 heteroatoms. The summed E-state index contributed by atoms with van der Waals surface area (Å²) in [5, 5.41) is 4.44. The highest BCUT2D eigenvalue weighted by atomic mass is 35.5. The molecule has 0 radical (unpaired) electrons. The summed E-state index contributed by atoms with van der Waals surface area (Å²) in [5.41, 5.74) is 6.49. The summed E-state index contributed by atoms with van der Waals surface area (Å²) >= 11 is 6.28. The number of hydrogen-bond donors (Lipinski definition) is 1. The maximum absolute atomic E-state index is 6.28. The van der Waals surface area contributed by atoms with Crippen molar-refractivity contribution in [1.82, 2.24) is 5.32 Å². The van der Waals surface area contributed by atoms with E-state index >= 15 is 0 Å². The summed E-state index contributed by atoms with van der Waals surface area (Å²) in [5.74, 6) is 0. The van der Waals surface area contributed by atoms with Crippen LogP contribution in [0.4, 0.5) is 0 Å². The lowest BCUT2D eigenvalue weighted by Gasteiger charge is -2.21. The van der Waals surface area contributed by atoms with E-state index < -0.39 is 0 Å². The minimum Gasteiger partial charge on any atom is -0.310 e. The lowest BCUT2D eigenvalue weighted by Crippen LogP contribution is -2.23. The molecule has 0 saturated heterocycles. The molecule has 2 aromatic carbocycles. The quantitative estimate of drug-likeness (QED) is 0.804. The molecular formula is C19H24ClN. The number of benzene rings is 2. The molecule has 1 N–H and O–H groups in total. The van der Waals surface area contributed by atoms with Crippen molar-refractivity contribution in [2.45, 2.75) is 40.2 Å². The van der Waals surface area contributed by atoms with Gasteiger partial charge in [0.05, 0.1) is 0 Å². The molecule has 0 aliphatic rings. The molecule has 0 saturated carbocycles. The van der Waals surface area contributed by atoms with Crippen LogP contribution in [0.1, 0.15) is 40.8 Å². The van der Waals surface area contributed by atoms with E-state index in [0.717, 1.165) is 18.0 Å². The highest BCUT2D eigenvalue weighted by Crippen LogP contribution is 2.27. The first kappa shape index (κ1) is 16.1. The van der Waals surface area contributed by atoms with Crippen molar-refractivity contribution in [3.05, 3.63) is 69.2 Å². The minimum atomic E-state index is 0.301. The third kappa shape index (κ3) is 4.09. The van der Waals surface area contributed by atoms with Gasteiger partial charge in [0, 0.05) is 11.1 Å². The van der Waals surface area contributed by atoms with E-state index in [2.05, 4.69) is 57.3 Å². The standard InChI is InChI=1S/C19H24ClN/c1-5-21-19(17-7-6-8-18(20)15(17)4)12-16-10-13(2)9-14(3)11-16/h6-11,19,21H,5,12H2,1-4H3. The Bertz CT molecular complexity index is 599. The van der Waals surface area contributed by atoms with Crippen LogP contribution < -0.4 is 5.32 Å². The van der Waals surface area contributed by atoms with Crippen LogP contribution in [0.15, 0.2) is 36.4 Å². The zero-order valence-electron chi connectivity index (χ0n) is 13.3. The highest BCUT2D eigenvalue weighted by molar-refractivity contribution is 6.31. The first-order chi connectivity index (χ1) is 10.0. The molecule has 0 spiro atoms. The number of hydrogen-bond acceptors (Lipinski definition) is 1. The Hall–Kier alpha value is -1.31. The Morgan fingerprint density at radius 1 is 1.05 bits per heavy atom. The molecule has 0 heterocycles. The molecule has 0 aromatic heterocycles. The van der Waals surface area contributed by atoms with E-state index in [-0.39, 0.29) is 0 Å². The van der Waals surface area contributed by atoms with Gasteiger partial charge in [-0.1, -0.05) is 60.0 Å². The van der Waals surface area contributed by atoms with Crippen molar-refractivity contribution in [3.8, 4) is 0 Å². The van der Waals surface area contributed by atoms with E-state index in [1.54, 1.807) is 0 Å². The van der Waals surface area contributed by atoms with E-state index in [1.807, 2.05) is 12.1 Å². The second-order valence-corrected chi connectivity index (χ2v) is 6.17. The van der Waals surface area contributed by atoms with E-state index in [0.29, 0.717) is 6.04 Å². The van der Waals surface area contributed by atoms with Gasteiger partial charge in [-0.05, 0) is 56.5 Å². The lowest BCUT2D eigenvalue weighted by molar-refractivity contribution is 0.547. The average Bonchev–Trinajstić information content (AvgIpc) is 2.40. The van der Waals surface area contributed by atoms with Crippen molar-refractivity contribution in [1.29, 1.82) is 0 Å². The van der Waals surface area contributed by atoms with Crippen LogP contribution in [-0.2, 0) is 6.42 Å². The van der Waals surface area contributed by atoms with Crippen LogP contribution in [0.5, 0.6) is 0 Å². The van der Waals surface area contributed by atoms with Gasteiger partial charge < -0.3 is 5.32 Å². The van der Waals surface area contributed by atoms with Gasteiger partial charge in [-0.25, -0.2) is 0 Å². The van der Waals surface area contributed by atoms with Crippen LogP contribution >= 0.6 is 11.6 Å². The van der Waals surface area contributed by atoms with Gasteiger partial charge in [-0.15, -0.1) is 0 Å². The average molecular weight is 302 g/mol. The zero-order valence-corrected chi connectivity index (χ0v) is 14.1. The van der Waals surface area contributed by atoms with Gasteiger partial charge in [0.25, 0.3) is 0 Å². The van der Waals surface area contributed by atoms with E-state index in [9.17, 15) is 0 Å². The topological polar surface area (TPSA) is 12.0 Å². The fraction of sp³-hybridized carbons (Fsp3) is 0.368. The van der Waals surface area contributed by atoms with Gasteiger partial charge in [-0.2, -0.15) is 0 Å². The van der Waals surface area contributed by atoms with Gasteiger partial charge in [0.1, 0.15) is 0 Å². The van der Waals surface area contributed by atoms with Crippen molar-refractivity contribution < 1.29 is 0 Å². The second kappa shape index (κ2) is 7.11. The monoisotopic (exact) mass is 301 g/mol. The fourth-order valence-electron chi connectivity index (χ4n) is 2.96.